The number of nitro benzene ring substituents is 1. The first kappa shape index (κ1) is 28.0. The van der Waals surface area contributed by atoms with Gasteiger partial charge in [-0.25, -0.2) is 9.79 Å². The minimum absolute atomic E-state index is 0.00274. The lowest BCUT2D eigenvalue weighted by molar-refractivity contribution is -0.385. The van der Waals surface area contributed by atoms with E-state index in [1.165, 1.54) is 22.0 Å². The molecule has 0 amide bonds. The Kier molecular flexibility index (Phi) is 7.59. The zero-order chi connectivity index (χ0) is 29.4. The molecule has 0 fully saturated rings. The maximum absolute atomic E-state index is 13.8. The minimum atomic E-state index is -0.700. The van der Waals surface area contributed by atoms with Crippen molar-refractivity contribution in [1.82, 2.24) is 4.57 Å². The summed E-state index contributed by atoms with van der Waals surface area (Å²) < 4.78 is 13.2. The fourth-order valence-corrected chi connectivity index (χ4v) is 5.87. The van der Waals surface area contributed by atoms with Gasteiger partial charge < -0.3 is 9.15 Å². The largest absolute Gasteiger partial charge is 0.463 e. The highest BCUT2D eigenvalue weighted by atomic mass is 32.1. The summed E-state index contributed by atoms with van der Waals surface area (Å²) in [6.45, 7) is 9.57. The maximum atomic E-state index is 13.8. The predicted octanol–water partition coefficient (Wildman–Crippen LogP) is 5.40. The van der Waals surface area contributed by atoms with Crippen LogP contribution in [0.3, 0.4) is 0 Å². The van der Waals surface area contributed by atoms with Gasteiger partial charge in [-0.2, -0.15) is 0 Å². The van der Waals surface area contributed by atoms with Gasteiger partial charge in [0.1, 0.15) is 11.5 Å². The van der Waals surface area contributed by atoms with Crippen LogP contribution in [0.4, 0.5) is 5.69 Å². The number of hydrogen-bond acceptors (Lipinski definition) is 8. The molecule has 3 heterocycles. The summed E-state index contributed by atoms with van der Waals surface area (Å²) in [5.41, 5.74) is 3.54. The summed E-state index contributed by atoms with van der Waals surface area (Å²) in [5, 5.41) is 11.4. The molecule has 9 nitrogen and oxygen atoms in total. The van der Waals surface area contributed by atoms with E-state index < -0.39 is 16.9 Å². The Balaban J connectivity index is 1.61. The number of benzene rings is 2. The van der Waals surface area contributed by atoms with Gasteiger partial charge in [0.2, 0.25) is 0 Å². The molecular weight excluding hydrogens is 542 g/mol. The first-order chi connectivity index (χ1) is 19.6. The normalized spacial score (nSPS) is 15.2. The Bertz CT molecular complexity index is 1880. The third-order valence-electron chi connectivity index (χ3n) is 7.03. The highest BCUT2D eigenvalue weighted by Crippen LogP contribution is 2.32. The van der Waals surface area contributed by atoms with Crippen molar-refractivity contribution in [3.63, 3.8) is 0 Å². The summed E-state index contributed by atoms with van der Waals surface area (Å²) >= 11 is 1.20. The first-order valence-corrected chi connectivity index (χ1v) is 14.1. The molecule has 41 heavy (non-hydrogen) atoms. The van der Waals surface area contributed by atoms with Crippen molar-refractivity contribution >= 4 is 29.1 Å². The topological polar surface area (TPSA) is 117 Å². The molecule has 2 aromatic carbocycles. The first-order valence-electron chi connectivity index (χ1n) is 13.2. The van der Waals surface area contributed by atoms with Crippen LogP contribution in [0.15, 0.2) is 80.1 Å². The van der Waals surface area contributed by atoms with Crippen molar-refractivity contribution in [1.29, 1.82) is 0 Å². The van der Waals surface area contributed by atoms with Gasteiger partial charge in [-0.3, -0.25) is 19.5 Å². The fourth-order valence-electron chi connectivity index (χ4n) is 4.84. The summed E-state index contributed by atoms with van der Waals surface area (Å²) in [7, 11) is 0. The van der Waals surface area contributed by atoms with Crippen LogP contribution in [-0.2, 0) is 9.53 Å². The molecule has 1 atom stereocenters. The van der Waals surface area contributed by atoms with E-state index in [-0.39, 0.29) is 17.9 Å². The van der Waals surface area contributed by atoms with E-state index >= 15 is 0 Å². The second kappa shape index (κ2) is 11.1. The highest BCUT2D eigenvalue weighted by Gasteiger charge is 2.33. The smallest absolute Gasteiger partial charge is 0.338 e. The van der Waals surface area contributed by atoms with E-state index in [9.17, 15) is 19.7 Å². The van der Waals surface area contributed by atoms with Crippen LogP contribution < -0.4 is 14.9 Å². The number of ether oxygens (including phenoxy) is 1. The predicted molar refractivity (Wildman–Crippen MR) is 156 cm³/mol. The Morgan fingerprint density at radius 2 is 1.90 bits per heavy atom. The number of furan rings is 1. The molecule has 0 saturated heterocycles. The lowest BCUT2D eigenvalue weighted by atomic mass is 9.93. The van der Waals surface area contributed by atoms with Crippen molar-refractivity contribution in [3.8, 4) is 11.3 Å². The molecule has 1 aliphatic heterocycles. The second-order valence-electron chi connectivity index (χ2n) is 10.1. The van der Waals surface area contributed by atoms with Gasteiger partial charge in [0.25, 0.3) is 11.2 Å². The third-order valence-corrected chi connectivity index (χ3v) is 8.01. The van der Waals surface area contributed by atoms with E-state index in [1.807, 2.05) is 24.3 Å². The van der Waals surface area contributed by atoms with Crippen LogP contribution in [-0.4, -0.2) is 22.1 Å². The summed E-state index contributed by atoms with van der Waals surface area (Å²) in [4.78, 5) is 42.9. The van der Waals surface area contributed by atoms with Gasteiger partial charge in [-0.15, -0.1) is 0 Å². The fraction of sp³-hybridized carbons (Fsp3) is 0.258. The summed E-state index contributed by atoms with van der Waals surface area (Å²) in [6.07, 6.45) is 1.62. The molecule has 0 aliphatic carbocycles. The van der Waals surface area contributed by atoms with E-state index in [2.05, 4.69) is 18.8 Å². The van der Waals surface area contributed by atoms with Crippen molar-refractivity contribution in [3.05, 3.63) is 118 Å². The van der Waals surface area contributed by atoms with Gasteiger partial charge >= 0.3 is 5.97 Å². The molecule has 0 N–H and O–H groups in total. The van der Waals surface area contributed by atoms with Crippen LogP contribution in [0, 0.1) is 17.0 Å². The average molecular weight is 572 g/mol. The van der Waals surface area contributed by atoms with Crippen LogP contribution in [0.1, 0.15) is 62.1 Å². The molecule has 10 heteroatoms. The van der Waals surface area contributed by atoms with Crippen LogP contribution >= 0.6 is 11.3 Å². The minimum Gasteiger partial charge on any atom is -0.463 e. The van der Waals surface area contributed by atoms with Crippen LogP contribution in [0.5, 0.6) is 0 Å². The number of fused-ring (bicyclic) bond motifs is 1. The Hall–Kier alpha value is -4.57. The number of allylic oxidation sites excluding steroid dienone is 1. The Labute approximate surface area is 239 Å². The molecule has 4 aromatic rings. The number of thiazole rings is 1. The van der Waals surface area contributed by atoms with Crippen molar-refractivity contribution in [2.45, 2.75) is 46.6 Å². The summed E-state index contributed by atoms with van der Waals surface area (Å²) in [6, 6.07) is 15.5. The second-order valence-corrected chi connectivity index (χ2v) is 11.1. The van der Waals surface area contributed by atoms with Gasteiger partial charge in [-0.1, -0.05) is 61.6 Å². The standard InChI is InChI=1S/C31H29N3O6S/c1-6-39-30(36)27-19(5)32-31-33(28(27)21-11-9-20(10-12-21)17(2)3)29(35)26(41-31)16-23-13-14-25(40-23)22-8-7-18(4)24(15-22)34(37)38/h7-17,28H,6H2,1-5H3/b26-16-/t28-/m1/s1. The number of carbonyl (C=O) groups excluding carboxylic acids is 1. The lowest BCUT2D eigenvalue weighted by Crippen LogP contribution is -2.39. The Morgan fingerprint density at radius 3 is 2.56 bits per heavy atom. The van der Waals surface area contributed by atoms with E-state index in [0.29, 0.717) is 49.2 Å². The van der Waals surface area contributed by atoms with Gasteiger partial charge in [0.05, 0.1) is 33.4 Å². The number of aromatic nitrogens is 1. The quantitative estimate of drug-likeness (QED) is 0.167. The van der Waals surface area contributed by atoms with Gasteiger partial charge in [-0.05, 0) is 49.9 Å². The van der Waals surface area contributed by atoms with E-state index in [4.69, 9.17) is 9.15 Å². The molecule has 2 aromatic heterocycles. The number of nitro groups is 1. The number of rotatable bonds is 7. The SMILES string of the molecule is CCOC(=O)C1=C(C)N=c2s/c(=C\c3ccc(-c4ccc(C)c([N+](=O)[O-])c4)o3)c(=O)n2[C@@H]1c1ccc(C(C)C)cc1. The zero-order valence-corrected chi connectivity index (χ0v) is 24.2. The number of esters is 1. The lowest BCUT2D eigenvalue weighted by Gasteiger charge is -2.25. The Morgan fingerprint density at radius 1 is 1.17 bits per heavy atom. The monoisotopic (exact) mass is 571 g/mol. The number of hydrogen-bond donors (Lipinski definition) is 0. The van der Waals surface area contributed by atoms with E-state index in [0.717, 1.165) is 11.1 Å². The molecule has 0 bridgehead atoms. The molecule has 5 rings (SSSR count). The van der Waals surface area contributed by atoms with Crippen molar-refractivity contribution in [2.75, 3.05) is 6.61 Å². The van der Waals surface area contributed by atoms with Gasteiger partial charge in [0.15, 0.2) is 4.80 Å². The number of nitrogens with zero attached hydrogens (tertiary/aromatic N) is 3. The summed E-state index contributed by atoms with van der Waals surface area (Å²) in [5.74, 6) is 0.671. The number of aryl methyl sites for hydroxylation is 1. The van der Waals surface area contributed by atoms with Crippen LogP contribution in [0.2, 0.25) is 0 Å². The molecule has 0 spiro atoms. The van der Waals surface area contributed by atoms with Crippen molar-refractivity contribution in [2.24, 2.45) is 4.99 Å². The molecule has 210 valence electrons. The zero-order valence-electron chi connectivity index (χ0n) is 23.3. The maximum Gasteiger partial charge on any atom is 0.338 e. The average Bonchev–Trinajstić information content (AvgIpc) is 3.52. The molecule has 0 unspecified atom stereocenters. The third kappa shape index (κ3) is 5.30. The highest BCUT2D eigenvalue weighted by molar-refractivity contribution is 7.07. The van der Waals surface area contributed by atoms with Gasteiger partial charge in [0, 0.05) is 23.3 Å². The molecule has 0 saturated carbocycles. The van der Waals surface area contributed by atoms with E-state index in [1.54, 1.807) is 51.1 Å². The number of carbonyl (C=O) groups is 1. The molecule has 1 aliphatic rings. The molecular formula is C31H29N3O6S. The molecule has 0 radical (unpaired) electrons. The van der Waals surface area contributed by atoms with Crippen LogP contribution in [0.25, 0.3) is 17.4 Å². The van der Waals surface area contributed by atoms with Crippen molar-refractivity contribution < 1.29 is 18.9 Å².